The summed E-state index contributed by atoms with van der Waals surface area (Å²) >= 11 is 0. The van der Waals surface area contributed by atoms with Gasteiger partial charge >= 0.3 is 5.97 Å². The van der Waals surface area contributed by atoms with Gasteiger partial charge in [0.1, 0.15) is 11.4 Å². The number of pyridine rings is 1. The fourth-order valence-electron chi connectivity index (χ4n) is 2.25. The third kappa shape index (κ3) is 13.4. The van der Waals surface area contributed by atoms with Crippen molar-refractivity contribution in [2.75, 3.05) is 0 Å². The Labute approximate surface area is 177 Å². The van der Waals surface area contributed by atoms with Crippen molar-refractivity contribution in [3.63, 3.8) is 0 Å². The molecule has 0 spiro atoms. The van der Waals surface area contributed by atoms with Crippen LogP contribution in [0.2, 0.25) is 0 Å². The Morgan fingerprint density at radius 1 is 0.862 bits per heavy atom. The van der Waals surface area contributed by atoms with Crippen molar-refractivity contribution in [3.05, 3.63) is 59.4 Å². The molecule has 0 amide bonds. The van der Waals surface area contributed by atoms with Crippen LogP contribution in [0, 0.1) is 17.8 Å². The van der Waals surface area contributed by atoms with Crippen molar-refractivity contribution in [3.8, 4) is 5.75 Å². The monoisotopic (exact) mass is 401 g/mol. The van der Waals surface area contributed by atoms with Crippen molar-refractivity contribution in [1.29, 1.82) is 0 Å². The topological polar surface area (TPSA) is 70.4 Å². The zero-order valence-corrected chi connectivity index (χ0v) is 19.1. The van der Waals surface area contributed by atoms with Gasteiger partial charge in [-0.05, 0) is 54.4 Å². The molecule has 29 heavy (non-hydrogen) atoms. The SMILES string of the molecule is CC(C)Cc1cccc(C(=O)O)n1.CC(C)Cc1ccccc1O.CCC(C)C. The van der Waals surface area contributed by atoms with Gasteiger partial charge in [-0.1, -0.05) is 79.2 Å². The van der Waals surface area contributed by atoms with Gasteiger partial charge in [0.15, 0.2) is 0 Å². The number of nitrogens with zero attached hydrogens (tertiary/aromatic N) is 1. The molecule has 2 rings (SSSR count). The van der Waals surface area contributed by atoms with Crippen LogP contribution in [0.1, 0.15) is 76.6 Å². The second-order valence-electron chi connectivity index (χ2n) is 8.45. The Balaban J connectivity index is 0.000000445. The van der Waals surface area contributed by atoms with Crippen molar-refractivity contribution < 1.29 is 15.0 Å². The molecule has 2 N–H and O–H groups in total. The van der Waals surface area contributed by atoms with Gasteiger partial charge in [-0.2, -0.15) is 0 Å². The third-order valence-electron chi connectivity index (χ3n) is 4.08. The Morgan fingerprint density at radius 2 is 1.41 bits per heavy atom. The number of para-hydroxylation sites is 1. The molecule has 0 saturated carbocycles. The van der Waals surface area contributed by atoms with Crippen LogP contribution in [0.15, 0.2) is 42.5 Å². The first-order chi connectivity index (χ1) is 13.6. The number of aromatic hydroxyl groups is 1. The first kappa shape index (κ1) is 26.6. The minimum absolute atomic E-state index is 0.123. The van der Waals surface area contributed by atoms with Gasteiger partial charge in [0.05, 0.1) is 0 Å². The molecule has 2 aromatic rings. The van der Waals surface area contributed by atoms with Crippen LogP contribution in [-0.4, -0.2) is 21.2 Å². The number of benzene rings is 1. The predicted molar refractivity (Wildman–Crippen MR) is 122 cm³/mol. The number of phenols is 1. The first-order valence-electron chi connectivity index (χ1n) is 10.5. The van der Waals surface area contributed by atoms with Gasteiger partial charge in [0, 0.05) is 5.69 Å². The van der Waals surface area contributed by atoms with E-state index >= 15 is 0 Å². The molecule has 162 valence electrons. The second kappa shape index (κ2) is 14.6. The highest BCUT2D eigenvalue weighted by molar-refractivity contribution is 5.85. The van der Waals surface area contributed by atoms with E-state index in [9.17, 15) is 9.90 Å². The van der Waals surface area contributed by atoms with Crippen LogP contribution in [-0.2, 0) is 12.8 Å². The lowest BCUT2D eigenvalue weighted by atomic mass is 10.0. The molecular formula is C25H39NO3. The third-order valence-corrected chi connectivity index (χ3v) is 4.08. The lowest BCUT2D eigenvalue weighted by Crippen LogP contribution is -2.04. The number of carboxylic acids is 1. The summed E-state index contributed by atoms with van der Waals surface area (Å²) in [5.74, 6) is 1.43. The molecule has 0 fully saturated rings. The van der Waals surface area contributed by atoms with E-state index < -0.39 is 5.97 Å². The van der Waals surface area contributed by atoms with Crippen molar-refractivity contribution in [1.82, 2.24) is 4.98 Å². The molecule has 1 aromatic carbocycles. The van der Waals surface area contributed by atoms with Crippen molar-refractivity contribution >= 4 is 5.97 Å². The van der Waals surface area contributed by atoms with Crippen LogP contribution >= 0.6 is 0 Å². The summed E-state index contributed by atoms with van der Waals surface area (Å²) in [5, 5.41) is 18.0. The van der Waals surface area contributed by atoms with Gasteiger partial charge in [0.2, 0.25) is 0 Å². The summed E-state index contributed by atoms with van der Waals surface area (Å²) in [4.78, 5) is 14.6. The summed E-state index contributed by atoms with van der Waals surface area (Å²) in [5.41, 5.74) is 2.01. The number of hydrogen-bond donors (Lipinski definition) is 2. The van der Waals surface area contributed by atoms with E-state index in [1.165, 1.54) is 12.5 Å². The number of phenolic OH excluding ortho intramolecular Hbond substituents is 1. The van der Waals surface area contributed by atoms with E-state index in [0.717, 1.165) is 30.0 Å². The maximum atomic E-state index is 10.6. The highest BCUT2D eigenvalue weighted by Gasteiger charge is 2.05. The average Bonchev–Trinajstić information content (AvgIpc) is 2.64. The summed E-state index contributed by atoms with van der Waals surface area (Å²) < 4.78 is 0. The summed E-state index contributed by atoms with van der Waals surface area (Å²) in [7, 11) is 0. The lowest BCUT2D eigenvalue weighted by Gasteiger charge is -2.05. The fourth-order valence-corrected chi connectivity index (χ4v) is 2.25. The van der Waals surface area contributed by atoms with E-state index in [1.54, 1.807) is 12.1 Å². The molecule has 0 bridgehead atoms. The number of carboxylic acid groups (broad SMARTS) is 1. The van der Waals surface area contributed by atoms with Crippen LogP contribution in [0.25, 0.3) is 0 Å². The molecule has 0 aliphatic carbocycles. The number of hydrogen-bond acceptors (Lipinski definition) is 3. The predicted octanol–water partition coefficient (Wildman–Crippen LogP) is 6.62. The minimum Gasteiger partial charge on any atom is -0.508 e. The lowest BCUT2D eigenvalue weighted by molar-refractivity contribution is 0.0690. The Morgan fingerprint density at radius 3 is 1.86 bits per heavy atom. The number of aromatic nitrogens is 1. The molecule has 0 unspecified atom stereocenters. The normalized spacial score (nSPS) is 10.3. The Hall–Kier alpha value is -2.36. The van der Waals surface area contributed by atoms with Gasteiger partial charge < -0.3 is 10.2 Å². The molecule has 0 saturated heterocycles. The minimum atomic E-state index is -0.967. The Bertz CT molecular complexity index is 709. The van der Waals surface area contributed by atoms with Crippen LogP contribution in [0.3, 0.4) is 0 Å². The van der Waals surface area contributed by atoms with Crippen molar-refractivity contribution in [2.45, 2.75) is 67.7 Å². The zero-order chi connectivity index (χ0) is 22.4. The highest BCUT2D eigenvalue weighted by Crippen LogP contribution is 2.18. The van der Waals surface area contributed by atoms with Gasteiger partial charge in [-0.15, -0.1) is 0 Å². The molecule has 0 aliphatic rings. The zero-order valence-electron chi connectivity index (χ0n) is 19.1. The molecule has 0 radical (unpaired) electrons. The molecule has 1 aromatic heterocycles. The van der Waals surface area contributed by atoms with E-state index in [2.05, 4.69) is 53.5 Å². The molecule has 0 aliphatic heterocycles. The summed E-state index contributed by atoms with van der Waals surface area (Å²) in [6, 6.07) is 12.6. The molecule has 4 nitrogen and oxygen atoms in total. The molecular weight excluding hydrogens is 362 g/mol. The highest BCUT2D eigenvalue weighted by atomic mass is 16.4. The number of aromatic carboxylic acids is 1. The van der Waals surface area contributed by atoms with E-state index in [4.69, 9.17) is 5.11 Å². The molecule has 4 heteroatoms. The number of rotatable bonds is 6. The maximum absolute atomic E-state index is 10.6. The van der Waals surface area contributed by atoms with E-state index in [-0.39, 0.29) is 5.69 Å². The van der Waals surface area contributed by atoms with Crippen LogP contribution in [0.4, 0.5) is 0 Å². The number of carbonyl (C=O) groups is 1. The van der Waals surface area contributed by atoms with Crippen LogP contribution in [0.5, 0.6) is 5.75 Å². The smallest absolute Gasteiger partial charge is 0.354 e. The van der Waals surface area contributed by atoms with E-state index in [1.807, 2.05) is 24.3 Å². The Kier molecular flexibility index (Phi) is 13.4. The summed E-state index contributed by atoms with van der Waals surface area (Å²) in [6.07, 6.45) is 3.08. The second-order valence-corrected chi connectivity index (χ2v) is 8.45. The van der Waals surface area contributed by atoms with Crippen molar-refractivity contribution in [2.24, 2.45) is 17.8 Å². The molecule has 1 heterocycles. The van der Waals surface area contributed by atoms with Gasteiger partial charge in [-0.3, -0.25) is 0 Å². The summed E-state index contributed by atoms with van der Waals surface area (Å²) in [6.45, 7) is 15.1. The quantitative estimate of drug-likeness (QED) is 0.570. The van der Waals surface area contributed by atoms with E-state index in [0.29, 0.717) is 17.6 Å². The standard InChI is InChI=1S/C10H13NO2.C10H14O.C5H12/c1-7(2)6-8-4-3-5-9(11-8)10(12)13;1-8(2)7-9-5-3-4-6-10(9)11;1-4-5(2)3/h3-5,7H,6H2,1-2H3,(H,12,13);3-6,8,11H,7H2,1-2H3;5H,4H2,1-3H3. The first-order valence-corrected chi connectivity index (χ1v) is 10.5. The fraction of sp³-hybridized carbons (Fsp3) is 0.520. The van der Waals surface area contributed by atoms with Gasteiger partial charge in [-0.25, -0.2) is 9.78 Å². The average molecular weight is 402 g/mol. The largest absolute Gasteiger partial charge is 0.508 e. The molecule has 0 atom stereocenters. The maximum Gasteiger partial charge on any atom is 0.354 e. The van der Waals surface area contributed by atoms with Gasteiger partial charge in [0.25, 0.3) is 0 Å². The van der Waals surface area contributed by atoms with Crippen LogP contribution < -0.4 is 0 Å².